The zero-order valence-electron chi connectivity index (χ0n) is 10.6. The Labute approximate surface area is 129 Å². The molecule has 0 amide bonds. The Balaban J connectivity index is 2.03. The molecule has 20 heavy (non-hydrogen) atoms. The highest BCUT2D eigenvalue weighted by molar-refractivity contribution is 9.10. The molecule has 0 radical (unpaired) electrons. The molecule has 1 atom stereocenters. The zero-order valence-corrected chi connectivity index (χ0v) is 13.0. The summed E-state index contributed by atoms with van der Waals surface area (Å²) in [5.74, 6) is 0.823. The van der Waals surface area contributed by atoms with Gasteiger partial charge in [0.2, 0.25) is 0 Å². The van der Waals surface area contributed by atoms with Crippen LogP contribution in [-0.2, 0) is 5.60 Å². The Morgan fingerprint density at radius 3 is 2.85 bits per heavy atom. The van der Waals surface area contributed by atoms with Crippen molar-refractivity contribution >= 4 is 27.5 Å². The molecule has 2 aromatic carbocycles. The number of halogens is 3. The second kappa shape index (κ2) is 4.93. The van der Waals surface area contributed by atoms with Crippen LogP contribution in [0.5, 0.6) is 11.5 Å². The van der Waals surface area contributed by atoms with Crippen LogP contribution in [0.2, 0.25) is 5.02 Å². The molecule has 0 aromatic heterocycles. The SMILES string of the molecule is CC1(c2ccc(Cl)cc2F)COc2c(Br)cccc2O1. The molecule has 104 valence electrons. The maximum absolute atomic E-state index is 14.1. The fraction of sp³-hybridized carbons (Fsp3) is 0.200. The standard InChI is InChI=1S/C15H11BrClFO2/c1-15(10-6-5-9(17)7-12(10)18)8-19-14-11(16)3-2-4-13(14)20-15/h2-7H,8H2,1H3. The van der Waals surface area contributed by atoms with Crippen molar-refractivity contribution in [1.29, 1.82) is 0 Å². The first-order valence-electron chi connectivity index (χ1n) is 6.05. The monoisotopic (exact) mass is 356 g/mol. The highest BCUT2D eigenvalue weighted by atomic mass is 79.9. The molecule has 0 fully saturated rings. The minimum atomic E-state index is -0.886. The number of para-hydroxylation sites is 1. The molecule has 2 aromatic rings. The highest BCUT2D eigenvalue weighted by Gasteiger charge is 2.37. The van der Waals surface area contributed by atoms with Gasteiger partial charge in [-0.25, -0.2) is 4.39 Å². The summed E-state index contributed by atoms with van der Waals surface area (Å²) in [7, 11) is 0. The van der Waals surface area contributed by atoms with E-state index >= 15 is 0 Å². The molecule has 2 nitrogen and oxygen atoms in total. The van der Waals surface area contributed by atoms with Crippen molar-refractivity contribution in [3.8, 4) is 11.5 Å². The van der Waals surface area contributed by atoms with E-state index in [0.717, 1.165) is 4.47 Å². The molecule has 0 N–H and O–H groups in total. The van der Waals surface area contributed by atoms with Crippen molar-refractivity contribution < 1.29 is 13.9 Å². The minimum absolute atomic E-state index is 0.223. The maximum atomic E-state index is 14.1. The summed E-state index contributed by atoms with van der Waals surface area (Å²) >= 11 is 9.19. The lowest BCUT2D eigenvalue weighted by Crippen LogP contribution is -2.40. The van der Waals surface area contributed by atoms with Crippen molar-refractivity contribution in [1.82, 2.24) is 0 Å². The summed E-state index contributed by atoms with van der Waals surface area (Å²) in [6, 6.07) is 10.1. The molecule has 1 aliphatic rings. The van der Waals surface area contributed by atoms with E-state index < -0.39 is 11.4 Å². The molecule has 5 heteroatoms. The van der Waals surface area contributed by atoms with E-state index in [-0.39, 0.29) is 6.61 Å². The smallest absolute Gasteiger partial charge is 0.175 e. The Morgan fingerprint density at radius 2 is 2.10 bits per heavy atom. The van der Waals surface area contributed by atoms with E-state index in [4.69, 9.17) is 21.1 Å². The van der Waals surface area contributed by atoms with Crippen molar-refractivity contribution in [3.63, 3.8) is 0 Å². The number of hydrogen-bond acceptors (Lipinski definition) is 2. The van der Waals surface area contributed by atoms with E-state index in [0.29, 0.717) is 22.1 Å². The van der Waals surface area contributed by atoms with Crippen LogP contribution >= 0.6 is 27.5 Å². The molecule has 0 aliphatic carbocycles. The van der Waals surface area contributed by atoms with Gasteiger partial charge in [-0.1, -0.05) is 23.7 Å². The van der Waals surface area contributed by atoms with Crippen LogP contribution in [0, 0.1) is 5.82 Å². The van der Waals surface area contributed by atoms with Gasteiger partial charge in [0.25, 0.3) is 0 Å². The van der Waals surface area contributed by atoms with Crippen molar-refractivity contribution in [2.45, 2.75) is 12.5 Å². The van der Waals surface area contributed by atoms with Gasteiger partial charge in [0.05, 0.1) is 4.47 Å². The summed E-state index contributed by atoms with van der Waals surface area (Å²) in [5, 5.41) is 0.356. The first-order valence-corrected chi connectivity index (χ1v) is 7.22. The second-order valence-corrected chi connectivity index (χ2v) is 6.10. The predicted molar refractivity (Wildman–Crippen MR) is 79.0 cm³/mol. The van der Waals surface area contributed by atoms with Crippen LogP contribution in [0.1, 0.15) is 12.5 Å². The number of ether oxygens (including phenoxy) is 2. The van der Waals surface area contributed by atoms with Gasteiger partial charge in [-0.2, -0.15) is 0 Å². The number of hydrogen-bond donors (Lipinski definition) is 0. The lowest BCUT2D eigenvalue weighted by molar-refractivity contribution is -0.000649. The van der Waals surface area contributed by atoms with Gasteiger partial charge in [-0.3, -0.25) is 0 Å². The normalized spacial score (nSPS) is 20.8. The molecule has 1 heterocycles. The summed E-state index contributed by atoms with van der Waals surface area (Å²) in [6.45, 7) is 2.02. The summed E-state index contributed by atoms with van der Waals surface area (Å²) in [5.41, 5.74) is -0.463. The summed E-state index contributed by atoms with van der Waals surface area (Å²) in [4.78, 5) is 0. The Morgan fingerprint density at radius 1 is 1.30 bits per heavy atom. The molecule has 0 saturated heterocycles. The van der Waals surface area contributed by atoms with Crippen LogP contribution in [0.4, 0.5) is 4.39 Å². The first kappa shape index (κ1) is 13.7. The Kier molecular flexibility index (Phi) is 3.38. The molecule has 0 bridgehead atoms. The lowest BCUT2D eigenvalue weighted by atomic mass is 9.95. The van der Waals surface area contributed by atoms with E-state index in [1.807, 2.05) is 12.1 Å². The highest BCUT2D eigenvalue weighted by Crippen LogP contribution is 2.44. The fourth-order valence-electron chi connectivity index (χ4n) is 2.24. The summed E-state index contributed by atoms with van der Waals surface area (Å²) < 4.78 is 26.6. The predicted octanol–water partition coefficient (Wildman–Crippen LogP) is 4.93. The molecular weight excluding hydrogens is 347 g/mol. The number of rotatable bonds is 1. The third-order valence-corrected chi connectivity index (χ3v) is 4.12. The third kappa shape index (κ3) is 2.27. The van der Waals surface area contributed by atoms with Crippen LogP contribution in [0.25, 0.3) is 0 Å². The van der Waals surface area contributed by atoms with Crippen LogP contribution in [0.15, 0.2) is 40.9 Å². The van der Waals surface area contributed by atoms with Crippen LogP contribution < -0.4 is 9.47 Å². The van der Waals surface area contributed by atoms with E-state index in [2.05, 4.69) is 15.9 Å². The fourth-order valence-corrected chi connectivity index (χ4v) is 2.86. The maximum Gasteiger partial charge on any atom is 0.175 e. The average Bonchev–Trinajstić information content (AvgIpc) is 2.38. The molecule has 3 rings (SSSR count). The topological polar surface area (TPSA) is 18.5 Å². The first-order chi connectivity index (χ1) is 9.49. The molecular formula is C15H11BrClFO2. The second-order valence-electron chi connectivity index (χ2n) is 4.81. The Bertz CT molecular complexity index is 677. The van der Waals surface area contributed by atoms with Gasteiger partial charge >= 0.3 is 0 Å². The van der Waals surface area contributed by atoms with E-state index in [9.17, 15) is 4.39 Å². The summed E-state index contributed by atoms with van der Waals surface area (Å²) in [6.07, 6.45) is 0. The zero-order chi connectivity index (χ0) is 14.3. The minimum Gasteiger partial charge on any atom is -0.484 e. The van der Waals surface area contributed by atoms with Gasteiger partial charge in [0, 0.05) is 10.6 Å². The van der Waals surface area contributed by atoms with E-state index in [1.165, 1.54) is 6.07 Å². The van der Waals surface area contributed by atoms with Gasteiger partial charge in [-0.15, -0.1) is 0 Å². The van der Waals surface area contributed by atoms with Gasteiger partial charge < -0.3 is 9.47 Å². The third-order valence-electron chi connectivity index (χ3n) is 3.26. The quantitative estimate of drug-likeness (QED) is 0.720. The lowest BCUT2D eigenvalue weighted by Gasteiger charge is -2.36. The largest absolute Gasteiger partial charge is 0.484 e. The van der Waals surface area contributed by atoms with Crippen molar-refractivity contribution in [3.05, 3.63) is 57.3 Å². The molecule has 1 unspecified atom stereocenters. The molecule has 0 saturated carbocycles. The Hall–Kier alpha value is -1.26. The molecule has 1 aliphatic heterocycles. The van der Waals surface area contributed by atoms with Gasteiger partial charge in [0.15, 0.2) is 17.1 Å². The van der Waals surface area contributed by atoms with Gasteiger partial charge in [0.1, 0.15) is 12.4 Å². The number of fused-ring (bicyclic) bond motifs is 1. The molecule has 0 spiro atoms. The van der Waals surface area contributed by atoms with Crippen LogP contribution in [-0.4, -0.2) is 6.61 Å². The van der Waals surface area contributed by atoms with Crippen LogP contribution in [0.3, 0.4) is 0 Å². The van der Waals surface area contributed by atoms with E-state index in [1.54, 1.807) is 25.1 Å². The van der Waals surface area contributed by atoms with Crippen molar-refractivity contribution in [2.24, 2.45) is 0 Å². The van der Waals surface area contributed by atoms with Crippen molar-refractivity contribution in [2.75, 3.05) is 6.61 Å². The average molecular weight is 358 g/mol. The van der Waals surface area contributed by atoms with Gasteiger partial charge in [-0.05, 0) is 47.1 Å². The number of benzene rings is 2.